The predicted octanol–water partition coefficient (Wildman–Crippen LogP) is 2.92. The smallest absolute Gasteiger partial charge is 0.411 e. The van der Waals surface area contributed by atoms with Gasteiger partial charge in [-0.1, -0.05) is 0 Å². The van der Waals surface area contributed by atoms with Gasteiger partial charge < -0.3 is 14.5 Å². The molecule has 0 radical (unpaired) electrons. The number of ether oxygens (including phenoxy) is 1. The van der Waals surface area contributed by atoms with Gasteiger partial charge in [0.2, 0.25) is 0 Å². The van der Waals surface area contributed by atoms with Crippen molar-refractivity contribution in [3.05, 3.63) is 23.2 Å². The maximum absolute atomic E-state index is 11.9. The van der Waals surface area contributed by atoms with Crippen molar-refractivity contribution in [1.29, 1.82) is 0 Å². The van der Waals surface area contributed by atoms with Gasteiger partial charge in [0.05, 0.1) is 6.54 Å². The van der Waals surface area contributed by atoms with E-state index in [4.69, 9.17) is 4.42 Å². The number of aryl methyl sites for hydroxylation is 1. The summed E-state index contributed by atoms with van der Waals surface area (Å²) < 4.78 is 45.7. The highest BCUT2D eigenvalue weighted by molar-refractivity contribution is 5.19. The maximum atomic E-state index is 11.9. The van der Waals surface area contributed by atoms with Crippen molar-refractivity contribution in [3.63, 3.8) is 0 Å². The first kappa shape index (κ1) is 13.4. The van der Waals surface area contributed by atoms with E-state index >= 15 is 0 Å². The Morgan fingerprint density at radius 1 is 1.44 bits per heavy atom. The lowest BCUT2D eigenvalue weighted by atomic mass is 10.2. The highest BCUT2D eigenvalue weighted by Gasteiger charge is 2.27. The molecule has 1 fully saturated rings. The normalized spacial score (nSPS) is 16.2. The molecule has 1 heterocycles. The van der Waals surface area contributed by atoms with Crippen molar-refractivity contribution in [3.8, 4) is 0 Å². The molecule has 2 rings (SSSR count). The van der Waals surface area contributed by atoms with E-state index in [2.05, 4.69) is 10.1 Å². The van der Waals surface area contributed by atoms with Crippen LogP contribution in [0, 0.1) is 6.92 Å². The molecule has 0 bridgehead atoms. The number of hydrogen-bond donors (Lipinski definition) is 1. The number of rotatable bonds is 6. The summed E-state index contributed by atoms with van der Waals surface area (Å²) in [6, 6.07) is 2.29. The van der Waals surface area contributed by atoms with E-state index in [1.54, 1.807) is 6.07 Å². The second-order valence-electron chi connectivity index (χ2n) is 4.58. The lowest BCUT2D eigenvalue weighted by molar-refractivity contribution is -0.177. The molecular formula is C12H16F3NO2. The molecule has 0 saturated heterocycles. The van der Waals surface area contributed by atoms with Crippen LogP contribution < -0.4 is 5.32 Å². The van der Waals surface area contributed by atoms with Crippen LogP contribution in [-0.4, -0.2) is 18.8 Å². The average Bonchev–Trinajstić information content (AvgIpc) is 3.00. The molecule has 0 spiro atoms. The Balaban J connectivity index is 1.79. The summed E-state index contributed by atoms with van der Waals surface area (Å²) in [5, 5.41) is 3.29. The Morgan fingerprint density at radius 3 is 2.78 bits per heavy atom. The topological polar surface area (TPSA) is 34.4 Å². The van der Waals surface area contributed by atoms with E-state index in [0.29, 0.717) is 18.3 Å². The van der Waals surface area contributed by atoms with E-state index in [1.807, 2.05) is 6.92 Å². The third-order valence-corrected chi connectivity index (χ3v) is 2.71. The number of nitrogens with one attached hydrogen (secondary N) is 1. The van der Waals surface area contributed by atoms with E-state index in [1.165, 1.54) is 12.8 Å². The van der Waals surface area contributed by atoms with Crippen molar-refractivity contribution in [2.24, 2.45) is 0 Å². The summed E-state index contributed by atoms with van der Waals surface area (Å²) >= 11 is 0. The number of hydrogen-bond acceptors (Lipinski definition) is 3. The summed E-state index contributed by atoms with van der Waals surface area (Å²) in [6.07, 6.45) is -1.93. The number of alkyl halides is 3. The molecule has 0 atom stereocenters. The van der Waals surface area contributed by atoms with Crippen molar-refractivity contribution in [2.75, 3.05) is 6.61 Å². The third-order valence-electron chi connectivity index (χ3n) is 2.71. The van der Waals surface area contributed by atoms with Crippen LogP contribution in [0.4, 0.5) is 13.2 Å². The van der Waals surface area contributed by atoms with Crippen LogP contribution >= 0.6 is 0 Å². The molecule has 0 amide bonds. The zero-order valence-electron chi connectivity index (χ0n) is 10.1. The van der Waals surface area contributed by atoms with Gasteiger partial charge in [-0.05, 0) is 31.4 Å². The van der Waals surface area contributed by atoms with E-state index in [0.717, 1.165) is 11.3 Å². The van der Waals surface area contributed by atoms with E-state index in [-0.39, 0.29) is 6.61 Å². The molecule has 6 heteroatoms. The van der Waals surface area contributed by atoms with Gasteiger partial charge in [0.15, 0.2) is 0 Å². The minimum Gasteiger partial charge on any atom is -0.462 e. The fourth-order valence-corrected chi connectivity index (χ4v) is 1.63. The average molecular weight is 263 g/mol. The minimum absolute atomic E-state index is 0.149. The number of halogens is 3. The van der Waals surface area contributed by atoms with E-state index < -0.39 is 12.8 Å². The van der Waals surface area contributed by atoms with Gasteiger partial charge in [-0.25, -0.2) is 0 Å². The van der Waals surface area contributed by atoms with Crippen LogP contribution in [-0.2, 0) is 17.9 Å². The van der Waals surface area contributed by atoms with Gasteiger partial charge in [0.25, 0.3) is 0 Å². The molecule has 102 valence electrons. The minimum atomic E-state index is -4.29. The zero-order chi connectivity index (χ0) is 13.2. The molecule has 1 aliphatic rings. The summed E-state index contributed by atoms with van der Waals surface area (Å²) in [4.78, 5) is 0. The Labute approximate surface area is 103 Å². The Hall–Kier alpha value is -1.01. The van der Waals surface area contributed by atoms with Crippen LogP contribution in [0.2, 0.25) is 0 Å². The first-order valence-electron chi connectivity index (χ1n) is 5.90. The molecule has 1 aliphatic carbocycles. The van der Waals surface area contributed by atoms with Gasteiger partial charge in [-0.3, -0.25) is 0 Å². The molecule has 0 unspecified atom stereocenters. The van der Waals surface area contributed by atoms with Crippen molar-refractivity contribution in [1.82, 2.24) is 5.32 Å². The van der Waals surface area contributed by atoms with Crippen LogP contribution in [0.15, 0.2) is 10.5 Å². The molecular weight excluding hydrogens is 247 g/mol. The molecule has 0 aromatic carbocycles. The summed E-state index contributed by atoms with van der Waals surface area (Å²) in [5.41, 5.74) is 0.939. The van der Waals surface area contributed by atoms with Gasteiger partial charge in [0.1, 0.15) is 24.7 Å². The third kappa shape index (κ3) is 4.34. The van der Waals surface area contributed by atoms with Crippen LogP contribution in [0.25, 0.3) is 0 Å². The first-order chi connectivity index (χ1) is 8.44. The van der Waals surface area contributed by atoms with Gasteiger partial charge in [-0.15, -0.1) is 0 Å². The van der Waals surface area contributed by atoms with Crippen molar-refractivity contribution in [2.45, 2.75) is 45.1 Å². The van der Waals surface area contributed by atoms with Gasteiger partial charge in [-0.2, -0.15) is 13.2 Å². The fourth-order valence-electron chi connectivity index (χ4n) is 1.63. The Morgan fingerprint density at radius 2 is 2.17 bits per heavy atom. The van der Waals surface area contributed by atoms with Crippen LogP contribution in [0.5, 0.6) is 0 Å². The lowest BCUT2D eigenvalue weighted by Gasteiger charge is -2.05. The Bertz CT molecular complexity index is 397. The lowest BCUT2D eigenvalue weighted by Crippen LogP contribution is -2.16. The summed E-state index contributed by atoms with van der Waals surface area (Å²) in [6.45, 7) is 1.10. The van der Waals surface area contributed by atoms with Crippen molar-refractivity contribution >= 4 is 0 Å². The second-order valence-corrected chi connectivity index (χ2v) is 4.58. The highest BCUT2D eigenvalue weighted by Crippen LogP contribution is 2.22. The predicted molar refractivity (Wildman–Crippen MR) is 59.0 cm³/mol. The largest absolute Gasteiger partial charge is 0.462 e. The van der Waals surface area contributed by atoms with Crippen molar-refractivity contribution < 1.29 is 22.3 Å². The SMILES string of the molecule is Cc1cc(COCC(F)(F)F)oc1CNC1CC1. The van der Waals surface area contributed by atoms with Gasteiger partial charge in [0, 0.05) is 6.04 Å². The van der Waals surface area contributed by atoms with Gasteiger partial charge >= 0.3 is 6.18 Å². The first-order valence-corrected chi connectivity index (χ1v) is 5.90. The zero-order valence-corrected chi connectivity index (χ0v) is 10.1. The Kier molecular flexibility index (Phi) is 3.97. The molecule has 1 N–H and O–H groups in total. The maximum Gasteiger partial charge on any atom is 0.411 e. The fraction of sp³-hybridized carbons (Fsp3) is 0.667. The van der Waals surface area contributed by atoms with E-state index in [9.17, 15) is 13.2 Å². The summed E-state index contributed by atoms with van der Waals surface area (Å²) in [5.74, 6) is 1.21. The molecule has 1 aromatic heterocycles. The molecule has 3 nitrogen and oxygen atoms in total. The molecule has 1 aromatic rings. The molecule has 1 saturated carbocycles. The quantitative estimate of drug-likeness (QED) is 0.857. The van der Waals surface area contributed by atoms with Crippen LogP contribution in [0.3, 0.4) is 0 Å². The monoisotopic (exact) mass is 263 g/mol. The molecule has 18 heavy (non-hydrogen) atoms. The second kappa shape index (κ2) is 5.32. The molecule has 0 aliphatic heterocycles. The van der Waals surface area contributed by atoms with Crippen LogP contribution in [0.1, 0.15) is 29.9 Å². The highest BCUT2D eigenvalue weighted by atomic mass is 19.4. The standard InChI is InChI=1S/C12H16F3NO2/c1-8-4-10(6-17-7-12(13,14)15)18-11(8)5-16-9-2-3-9/h4,9,16H,2-3,5-7H2,1H3. The summed E-state index contributed by atoms with van der Waals surface area (Å²) in [7, 11) is 0. The number of furan rings is 1.